The predicted molar refractivity (Wildman–Crippen MR) is 81.1 cm³/mol. The van der Waals surface area contributed by atoms with Crippen molar-refractivity contribution in [3.63, 3.8) is 0 Å². The Kier molecular flexibility index (Phi) is 6.14. The van der Waals surface area contributed by atoms with Gasteiger partial charge < -0.3 is 24.3 Å². The molecule has 1 aromatic carbocycles. The highest BCUT2D eigenvalue weighted by Crippen LogP contribution is 2.38. The van der Waals surface area contributed by atoms with Gasteiger partial charge in [0.2, 0.25) is 6.79 Å². The SMILES string of the molecule is CCOCCOc1cc2c(cc1CNCC(C)C)OCO2. The number of benzene rings is 1. The van der Waals surface area contributed by atoms with Gasteiger partial charge in [0.1, 0.15) is 12.4 Å². The molecule has 0 unspecified atom stereocenters. The molecule has 0 saturated heterocycles. The van der Waals surface area contributed by atoms with E-state index in [1.54, 1.807) is 0 Å². The van der Waals surface area contributed by atoms with E-state index >= 15 is 0 Å². The Morgan fingerprint density at radius 3 is 2.67 bits per heavy atom. The lowest BCUT2D eigenvalue weighted by atomic mass is 10.1. The van der Waals surface area contributed by atoms with Crippen LogP contribution in [0.2, 0.25) is 0 Å². The lowest BCUT2D eigenvalue weighted by molar-refractivity contribution is 0.109. The molecule has 0 fully saturated rings. The zero-order valence-corrected chi connectivity index (χ0v) is 13.1. The van der Waals surface area contributed by atoms with Crippen molar-refractivity contribution in [2.45, 2.75) is 27.3 Å². The summed E-state index contributed by atoms with van der Waals surface area (Å²) in [6, 6.07) is 3.90. The lowest BCUT2D eigenvalue weighted by Gasteiger charge is -2.14. The van der Waals surface area contributed by atoms with Gasteiger partial charge in [-0.05, 0) is 25.5 Å². The van der Waals surface area contributed by atoms with E-state index in [2.05, 4.69) is 19.2 Å². The minimum atomic E-state index is 0.274. The monoisotopic (exact) mass is 295 g/mol. The van der Waals surface area contributed by atoms with Crippen molar-refractivity contribution in [1.29, 1.82) is 0 Å². The maximum absolute atomic E-state index is 5.82. The standard InChI is InChI=1S/C16H25NO4/c1-4-18-5-6-19-14-8-16-15(20-11-21-16)7-13(14)10-17-9-12(2)3/h7-8,12,17H,4-6,9-11H2,1-3H3. The van der Waals surface area contributed by atoms with Crippen molar-refractivity contribution in [2.75, 3.05) is 33.2 Å². The summed E-state index contributed by atoms with van der Waals surface area (Å²) in [7, 11) is 0. The van der Waals surface area contributed by atoms with E-state index in [1.807, 2.05) is 19.1 Å². The number of ether oxygens (including phenoxy) is 4. The van der Waals surface area contributed by atoms with Crippen LogP contribution in [-0.2, 0) is 11.3 Å². The molecule has 118 valence electrons. The molecule has 0 saturated carbocycles. The molecule has 0 aromatic heterocycles. The van der Waals surface area contributed by atoms with Crippen LogP contribution in [0.15, 0.2) is 12.1 Å². The van der Waals surface area contributed by atoms with Crippen LogP contribution in [0.5, 0.6) is 17.2 Å². The second-order valence-electron chi connectivity index (χ2n) is 5.38. The van der Waals surface area contributed by atoms with Crippen LogP contribution in [0, 0.1) is 5.92 Å². The minimum absolute atomic E-state index is 0.274. The van der Waals surface area contributed by atoms with Crippen molar-refractivity contribution in [2.24, 2.45) is 5.92 Å². The summed E-state index contributed by atoms with van der Waals surface area (Å²) in [6.45, 7) is 10.2. The first-order valence-electron chi connectivity index (χ1n) is 7.54. The minimum Gasteiger partial charge on any atom is -0.491 e. The van der Waals surface area contributed by atoms with Crippen molar-refractivity contribution in [3.05, 3.63) is 17.7 Å². The van der Waals surface area contributed by atoms with Gasteiger partial charge in [-0.2, -0.15) is 0 Å². The lowest BCUT2D eigenvalue weighted by Crippen LogP contribution is -2.19. The third-order valence-electron chi connectivity index (χ3n) is 3.11. The van der Waals surface area contributed by atoms with E-state index in [-0.39, 0.29) is 6.79 Å². The molecule has 5 nitrogen and oxygen atoms in total. The Balaban J connectivity index is 2.00. The third-order valence-corrected chi connectivity index (χ3v) is 3.11. The highest BCUT2D eigenvalue weighted by molar-refractivity contribution is 5.51. The third kappa shape index (κ3) is 4.79. The number of hydrogen-bond acceptors (Lipinski definition) is 5. The quantitative estimate of drug-likeness (QED) is 0.710. The van der Waals surface area contributed by atoms with Gasteiger partial charge in [-0.3, -0.25) is 0 Å². The van der Waals surface area contributed by atoms with Gasteiger partial charge in [-0.25, -0.2) is 0 Å². The normalized spacial score (nSPS) is 13.0. The molecule has 2 rings (SSSR count). The molecule has 1 aliphatic rings. The topological polar surface area (TPSA) is 49.0 Å². The van der Waals surface area contributed by atoms with Crippen molar-refractivity contribution >= 4 is 0 Å². The molecule has 1 aliphatic heterocycles. The average Bonchev–Trinajstić information content (AvgIpc) is 2.90. The summed E-state index contributed by atoms with van der Waals surface area (Å²) in [5.41, 5.74) is 1.08. The fraction of sp³-hybridized carbons (Fsp3) is 0.625. The first-order chi connectivity index (χ1) is 10.2. The summed E-state index contributed by atoms with van der Waals surface area (Å²) < 4.78 is 22.0. The summed E-state index contributed by atoms with van der Waals surface area (Å²) in [6.07, 6.45) is 0. The van der Waals surface area contributed by atoms with E-state index in [9.17, 15) is 0 Å². The fourth-order valence-corrected chi connectivity index (χ4v) is 2.09. The van der Waals surface area contributed by atoms with Gasteiger partial charge in [0.15, 0.2) is 11.5 Å². The average molecular weight is 295 g/mol. The van der Waals surface area contributed by atoms with Gasteiger partial charge in [-0.15, -0.1) is 0 Å². The van der Waals surface area contributed by atoms with E-state index in [0.717, 1.165) is 35.9 Å². The number of nitrogens with one attached hydrogen (secondary N) is 1. The summed E-state index contributed by atoms with van der Waals surface area (Å²) >= 11 is 0. The molecule has 0 bridgehead atoms. The van der Waals surface area contributed by atoms with Crippen LogP contribution >= 0.6 is 0 Å². The highest BCUT2D eigenvalue weighted by atomic mass is 16.7. The molecule has 1 N–H and O–H groups in total. The van der Waals surface area contributed by atoms with E-state index < -0.39 is 0 Å². The first-order valence-corrected chi connectivity index (χ1v) is 7.54. The zero-order valence-electron chi connectivity index (χ0n) is 13.1. The van der Waals surface area contributed by atoms with E-state index in [0.29, 0.717) is 25.7 Å². The molecular weight excluding hydrogens is 270 g/mol. The van der Waals surface area contributed by atoms with E-state index in [1.165, 1.54) is 0 Å². The summed E-state index contributed by atoms with van der Waals surface area (Å²) in [5.74, 6) is 2.97. The fourth-order valence-electron chi connectivity index (χ4n) is 2.09. The van der Waals surface area contributed by atoms with Gasteiger partial charge in [0.25, 0.3) is 0 Å². The van der Waals surface area contributed by atoms with Crippen molar-refractivity contribution in [1.82, 2.24) is 5.32 Å². The zero-order chi connectivity index (χ0) is 15.1. The molecule has 0 amide bonds. The van der Waals surface area contributed by atoms with Crippen LogP contribution in [0.3, 0.4) is 0 Å². The Morgan fingerprint density at radius 2 is 1.95 bits per heavy atom. The van der Waals surface area contributed by atoms with Gasteiger partial charge >= 0.3 is 0 Å². The largest absolute Gasteiger partial charge is 0.491 e. The Hall–Kier alpha value is -1.46. The number of rotatable bonds is 9. The predicted octanol–water partition coefficient (Wildman–Crippen LogP) is 2.58. The molecule has 1 aromatic rings. The molecule has 0 radical (unpaired) electrons. The van der Waals surface area contributed by atoms with Crippen molar-refractivity contribution in [3.8, 4) is 17.2 Å². The van der Waals surface area contributed by atoms with Crippen LogP contribution in [-0.4, -0.2) is 33.2 Å². The van der Waals surface area contributed by atoms with Crippen molar-refractivity contribution < 1.29 is 18.9 Å². The van der Waals surface area contributed by atoms with Crippen LogP contribution < -0.4 is 19.5 Å². The Bertz CT molecular complexity index is 448. The van der Waals surface area contributed by atoms with Crippen LogP contribution in [0.4, 0.5) is 0 Å². The molecular formula is C16H25NO4. The molecule has 5 heteroatoms. The second-order valence-corrected chi connectivity index (χ2v) is 5.38. The maximum atomic E-state index is 5.82. The van der Waals surface area contributed by atoms with Crippen LogP contribution in [0.1, 0.15) is 26.3 Å². The number of fused-ring (bicyclic) bond motifs is 1. The maximum Gasteiger partial charge on any atom is 0.231 e. The smallest absolute Gasteiger partial charge is 0.231 e. The first kappa shape index (κ1) is 15.9. The molecule has 21 heavy (non-hydrogen) atoms. The number of hydrogen-bond donors (Lipinski definition) is 1. The van der Waals surface area contributed by atoms with E-state index in [4.69, 9.17) is 18.9 Å². The molecule has 0 spiro atoms. The van der Waals surface area contributed by atoms with Gasteiger partial charge in [-0.1, -0.05) is 13.8 Å². The summed E-state index contributed by atoms with van der Waals surface area (Å²) in [4.78, 5) is 0. The summed E-state index contributed by atoms with van der Waals surface area (Å²) in [5, 5.41) is 3.43. The Labute approximate surface area is 126 Å². The highest BCUT2D eigenvalue weighted by Gasteiger charge is 2.18. The molecule has 0 aliphatic carbocycles. The van der Waals surface area contributed by atoms with Gasteiger partial charge in [0, 0.05) is 24.8 Å². The second kappa shape index (κ2) is 8.10. The molecule has 1 heterocycles. The van der Waals surface area contributed by atoms with Crippen LogP contribution in [0.25, 0.3) is 0 Å². The molecule has 0 atom stereocenters. The Morgan fingerprint density at radius 1 is 1.19 bits per heavy atom. The van der Waals surface area contributed by atoms with Gasteiger partial charge in [0.05, 0.1) is 6.61 Å².